The Labute approximate surface area is 182 Å². The summed E-state index contributed by atoms with van der Waals surface area (Å²) in [6, 6.07) is 20.9. The van der Waals surface area contributed by atoms with E-state index in [-0.39, 0.29) is 28.4 Å². The number of rotatable bonds is 4. The molecule has 0 unspecified atom stereocenters. The Kier molecular flexibility index (Phi) is 5.53. The zero-order chi connectivity index (χ0) is 22.0. The van der Waals surface area contributed by atoms with Gasteiger partial charge >= 0.3 is 0 Å². The number of aromatic hydroxyl groups is 2. The van der Waals surface area contributed by atoms with Crippen molar-refractivity contribution in [2.24, 2.45) is 10.2 Å². The van der Waals surface area contributed by atoms with E-state index in [2.05, 4.69) is 10.2 Å². The molecular formula is C23H16ClN3O4. The van der Waals surface area contributed by atoms with E-state index < -0.39 is 11.7 Å². The maximum absolute atomic E-state index is 12.9. The summed E-state index contributed by atoms with van der Waals surface area (Å²) >= 11 is 5.94. The molecule has 0 spiro atoms. The first kappa shape index (κ1) is 20.3. The van der Waals surface area contributed by atoms with Gasteiger partial charge in [-0.3, -0.25) is 10.0 Å². The average Bonchev–Trinajstić information content (AvgIpc) is 2.80. The molecule has 0 saturated carbocycles. The van der Waals surface area contributed by atoms with Gasteiger partial charge in [0.05, 0.1) is 11.3 Å². The monoisotopic (exact) mass is 433 g/mol. The molecule has 0 saturated heterocycles. The van der Waals surface area contributed by atoms with Crippen LogP contribution in [0.1, 0.15) is 10.4 Å². The molecule has 0 aromatic heterocycles. The summed E-state index contributed by atoms with van der Waals surface area (Å²) in [5.41, 5.74) is 0.199. The predicted molar refractivity (Wildman–Crippen MR) is 118 cm³/mol. The number of carbonyl (C=O) groups excluding carboxylic acids is 1. The summed E-state index contributed by atoms with van der Waals surface area (Å²) in [6.45, 7) is 0. The number of hydrogen-bond acceptors (Lipinski definition) is 6. The number of benzene rings is 4. The van der Waals surface area contributed by atoms with Crippen molar-refractivity contribution >= 4 is 45.3 Å². The number of amides is 1. The summed E-state index contributed by atoms with van der Waals surface area (Å²) in [5.74, 6) is -1.43. The van der Waals surface area contributed by atoms with Crippen LogP contribution in [0, 0.1) is 0 Å². The lowest BCUT2D eigenvalue weighted by Gasteiger charge is -2.17. The third-order valence-corrected chi connectivity index (χ3v) is 4.85. The highest BCUT2D eigenvalue weighted by molar-refractivity contribution is 6.30. The standard InChI is InChI=1S/C23H16ClN3O4/c24-15-10-11-20(28)19(13-15)25-26-21-17-9-5-4-6-14(17)12-18(22(21)29)23(30)27(31)16-7-2-1-3-8-16/h1-13,28-29,31H. The fourth-order valence-corrected chi connectivity index (χ4v) is 3.23. The SMILES string of the molecule is O=C(c1cc2ccccc2c(N=Nc2cc(Cl)ccc2O)c1O)N(O)c1ccccc1. The van der Waals surface area contributed by atoms with Crippen LogP contribution in [0.25, 0.3) is 10.8 Å². The van der Waals surface area contributed by atoms with Crippen molar-refractivity contribution in [2.75, 3.05) is 5.06 Å². The highest BCUT2D eigenvalue weighted by Gasteiger charge is 2.23. The van der Waals surface area contributed by atoms with Gasteiger partial charge in [-0.05, 0) is 41.8 Å². The van der Waals surface area contributed by atoms with E-state index in [9.17, 15) is 20.2 Å². The van der Waals surface area contributed by atoms with E-state index >= 15 is 0 Å². The van der Waals surface area contributed by atoms with Crippen LogP contribution < -0.4 is 5.06 Å². The highest BCUT2D eigenvalue weighted by Crippen LogP contribution is 2.41. The van der Waals surface area contributed by atoms with Crippen molar-refractivity contribution in [1.82, 2.24) is 0 Å². The van der Waals surface area contributed by atoms with Gasteiger partial charge in [0, 0.05) is 10.4 Å². The lowest BCUT2D eigenvalue weighted by molar-refractivity contribution is 0.0852. The number of azo groups is 1. The Balaban J connectivity index is 1.84. The lowest BCUT2D eigenvalue weighted by atomic mass is 10.0. The molecule has 0 fully saturated rings. The third kappa shape index (κ3) is 4.05. The van der Waals surface area contributed by atoms with Gasteiger partial charge in [0.1, 0.15) is 17.1 Å². The minimum atomic E-state index is -0.837. The van der Waals surface area contributed by atoms with Gasteiger partial charge in [-0.15, -0.1) is 10.2 Å². The van der Waals surface area contributed by atoms with Gasteiger partial charge in [0.2, 0.25) is 0 Å². The molecule has 3 N–H and O–H groups in total. The average molecular weight is 434 g/mol. The second-order valence-corrected chi connectivity index (χ2v) is 7.06. The van der Waals surface area contributed by atoms with Crippen molar-refractivity contribution < 1.29 is 20.2 Å². The van der Waals surface area contributed by atoms with Crippen molar-refractivity contribution in [3.8, 4) is 11.5 Å². The molecule has 154 valence electrons. The minimum Gasteiger partial charge on any atom is -0.506 e. The van der Waals surface area contributed by atoms with Gasteiger partial charge in [-0.2, -0.15) is 5.06 Å². The maximum atomic E-state index is 12.9. The number of nitrogens with zero attached hydrogens (tertiary/aromatic N) is 3. The van der Waals surface area contributed by atoms with Crippen LogP contribution in [-0.4, -0.2) is 21.3 Å². The Morgan fingerprint density at radius 3 is 2.35 bits per heavy atom. The number of halogens is 1. The molecule has 0 aliphatic rings. The summed E-state index contributed by atoms with van der Waals surface area (Å²) in [6.07, 6.45) is 0. The second-order valence-electron chi connectivity index (χ2n) is 6.63. The fraction of sp³-hybridized carbons (Fsp3) is 0. The van der Waals surface area contributed by atoms with Crippen LogP contribution in [0.4, 0.5) is 17.1 Å². The van der Waals surface area contributed by atoms with Crippen LogP contribution in [0.3, 0.4) is 0 Å². The van der Waals surface area contributed by atoms with Crippen molar-refractivity contribution in [2.45, 2.75) is 0 Å². The number of phenolic OH excluding ortho intramolecular Hbond substituents is 2. The first-order valence-electron chi connectivity index (χ1n) is 9.19. The number of anilines is 1. The topological polar surface area (TPSA) is 106 Å². The number of para-hydroxylation sites is 1. The van der Waals surface area contributed by atoms with Gasteiger partial charge in [-0.25, -0.2) is 0 Å². The summed E-state index contributed by atoms with van der Waals surface area (Å²) in [5, 5.41) is 41.2. The number of fused-ring (bicyclic) bond motifs is 1. The molecule has 1 amide bonds. The van der Waals surface area contributed by atoms with Gasteiger partial charge < -0.3 is 10.2 Å². The van der Waals surface area contributed by atoms with E-state index in [1.165, 1.54) is 24.3 Å². The van der Waals surface area contributed by atoms with E-state index in [0.717, 1.165) is 0 Å². The maximum Gasteiger partial charge on any atom is 0.285 e. The Morgan fingerprint density at radius 2 is 1.58 bits per heavy atom. The Hall–Kier alpha value is -3.94. The number of phenols is 2. The first-order chi connectivity index (χ1) is 15.0. The van der Waals surface area contributed by atoms with Crippen LogP contribution in [0.2, 0.25) is 5.02 Å². The molecule has 4 aromatic carbocycles. The van der Waals surface area contributed by atoms with Crippen molar-refractivity contribution in [3.05, 3.63) is 89.4 Å². The zero-order valence-corrected chi connectivity index (χ0v) is 16.7. The van der Waals surface area contributed by atoms with Gasteiger partial charge in [0.25, 0.3) is 5.91 Å². The summed E-state index contributed by atoms with van der Waals surface area (Å²) in [7, 11) is 0. The zero-order valence-electron chi connectivity index (χ0n) is 16.0. The molecule has 31 heavy (non-hydrogen) atoms. The molecule has 4 rings (SSSR count). The second kappa shape index (κ2) is 8.43. The van der Waals surface area contributed by atoms with Gasteiger partial charge in [-0.1, -0.05) is 54.1 Å². The van der Waals surface area contributed by atoms with Crippen LogP contribution >= 0.6 is 11.6 Å². The molecule has 0 bridgehead atoms. The van der Waals surface area contributed by atoms with Crippen LogP contribution in [0.15, 0.2) is 89.1 Å². The number of hydroxylamine groups is 1. The lowest BCUT2D eigenvalue weighted by Crippen LogP contribution is -2.27. The molecule has 0 atom stereocenters. The van der Waals surface area contributed by atoms with Crippen molar-refractivity contribution in [1.29, 1.82) is 0 Å². The van der Waals surface area contributed by atoms with Crippen LogP contribution in [0.5, 0.6) is 11.5 Å². The molecule has 0 radical (unpaired) electrons. The summed E-state index contributed by atoms with van der Waals surface area (Å²) < 4.78 is 0. The Morgan fingerprint density at radius 1 is 0.871 bits per heavy atom. The summed E-state index contributed by atoms with van der Waals surface area (Å²) in [4.78, 5) is 12.9. The highest BCUT2D eigenvalue weighted by atomic mass is 35.5. The quantitative estimate of drug-likeness (QED) is 0.198. The molecule has 0 heterocycles. The third-order valence-electron chi connectivity index (χ3n) is 4.61. The molecule has 0 aliphatic carbocycles. The van der Waals surface area contributed by atoms with Crippen molar-refractivity contribution in [3.63, 3.8) is 0 Å². The molecular weight excluding hydrogens is 418 g/mol. The van der Waals surface area contributed by atoms with E-state index in [4.69, 9.17) is 11.6 Å². The fourth-order valence-electron chi connectivity index (χ4n) is 3.06. The Bertz CT molecular complexity index is 1310. The largest absolute Gasteiger partial charge is 0.506 e. The molecule has 8 heteroatoms. The van der Waals surface area contributed by atoms with Gasteiger partial charge in [0.15, 0.2) is 5.75 Å². The predicted octanol–water partition coefficient (Wildman–Crippen LogP) is 6.36. The first-order valence-corrected chi connectivity index (χ1v) is 9.57. The molecule has 4 aromatic rings. The smallest absolute Gasteiger partial charge is 0.285 e. The molecule has 7 nitrogen and oxygen atoms in total. The van der Waals surface area contributed by atoms with E-state index in [1.54, 1.807) is 54.6 Å². The number of carbonyl (C=O) groups is 1. The van der Waals surface area contributed by atoms with E-state index in [1.807, 2.05) is 0 Å². The van der Waals surface area contributed by atoms with Crippen LogP contribution in [-0.2, 0) is 0 Å². The minimum absolute atomic E-state index is 0.0160. The molecule has 0 aliphatic heterocycles. The number of hydrogen-bond donors (Lipinski definition) is 3. The normalized spacial score (nSPS) is 11.2. The van der Waals surface area contributed by atoms with E-state index in [0.29, 0.717) is 20.9 Å².